The maximum atomic E-state index is 8.59. The van der Waals surface area contributed by atoms with Crippen LogP contribution in [0.1, 0.15) is 6.42 Å². The van der Waals surface area contributed by atoms with Crippen LogP contribution >= 0.6 is 34.2 Å². The van der Waals surface area contributed by atoms with E-state index in [9.17, 15) is 0 Å². The largest absolute Gasteiger partial charge is 0.396 e. The van der Waals surface area contributed by atoms with E-state index in [1.54, 1.807) is 12.3 Å². The molecule has 0 atom stereocenters. The third-order valence-electron chi connectivity index (χ3n) is 1.47. The summed E-state index contributed by atoms with van der Waals surface area (Å²) in [5.41, 5.74) is 0.967. The first-order valence-corrected chi connectivity index (χ1v) is 5.35. The first kappa shape index (κ1) is 11.0. The van der Waals surface area contributed by atoms with Crippen molar-refractivity contribution in [1.82, 2.24) is 4.98 Å². The number of aliphatic hydroxyl groups is 1. The van der Waals surface area contributed by atoms with Gasteiger partial charge in [-0.25, -0.2) is 4.98 Å². The summed E-state index contributed by atoms with van der Waals surface area (Å²) in [5.74, 6) is 0. The van der Waals surface area contributed by atoms with Gasteiger partial charge in [-0.05, 0) is 35.1 Å². The molecule has 0 aliphatic heterocycles. The van der Waals surface area contributed by atoms with Crippen molar-refractivity contribution < 1.29 is 5.11 Å². The zero-order valence-electron chi connectivity index (χ0n) is 6.93. The maximum Gasteiger partial charge on any atom is 0.131 e. The molecule has 1 rings (SSSR count). The number of aromatic nitrogens is 1. The minimum atomic E-state index is 0.197. The molecular formula is C8H10ClIN2O. The number of aliphatic hydroxyl groups excluding tert-OH is 1. The second-order valence-electron chi connectivity index (χ2n) is 2.49. The first-order chi connectivity index (χ1) is 6.24. The Labute approximate surface area is 95.7 Å². The molecule has 13 heavy (non-hydrogen) atoms. The molecule has 5 heteroatoms. The zero-order chi connectivity index (χ0) is 9.68. The number of anilines is 1. The summed E-state index contributed by atoms with van der Waals surface area (Å²) in [6.07, 6.45) is 2.44. The van der Waals surface area contributed by atoms with E-state index in [4.69, 9.17) is 16.7 Å². The highest BCUT2D eigenvalue weighted by molar-refractivity contribution is 14.1. The summed E-state index contributed by atoms with van der Waals surface area (Å²) in [5, 5.41) is 12.2. The van der Waals surface area contributed by atoms with Gasteiger partial charge in [0.2, 0.25) is 0 Å². The van der Waals surface area contributed by atoms with Crippen molar-refractivity contribution in [3.63, 3.8) is 0 Å². The molecule has 0 amide bonds. The van der Waals surface area contributed by atoms with Crippen molar-refractivity contribution in [1.29, 1.82) is 0 Å². The normalized spacial score (nSPS) is 10.1. The highest BCUT2D eigenvalue weighted by Crippen LogP contribution is 2.19. The SMILES string of the molecule is OCCCNc1cc(Cl)ncc1I. The minimum Gasteiger partial charge on any atom is -0.396 e. The molecule has 0 fully saturated rings. The third-order valence-corrected chi connectivity index (χ3v) is 2.54. The van der Waals surface area contributed by atoms with Gasteiger partial charge in [0.15, 0.2) is 0 Å². The number of hydrogen-bond acceptors (Lipinski definition) is 3. The molecule has 0 aliphatic rings. The van der Waals surface area contributed by atoms with Crippen LogP contribution in [0.5, 0.6) is 0 Å². The number of rotatable bonds is 4. The van der Waals surface area contributed by atoms with Gasteiger partial charge >= 0.3 is 0 Å². The van der Waals surface area contributed by atoms with Gasteiger partial charge in [0.1, 0.15) is 5.15 Å². The van der Waals surface area contributed by atoms with Crippen LogP contribution in [-0.2, 0) is 0 Å². The van der Waals surface area contributed by atoms with E-state index in [2.05, 4.69) is 32.9 Å². The molecule has 1 aromatic rings. The molecule has 0 radical (unpaired) electrons. The molecule has 0 saturated heterocycles. The molecule has 0 bridgehead atoms. The molecular weight excluding hydrogens is 302 g/mol. The fraction of sp³-hybridized carbons (Fsp3) is 0.375. The van der Waals surface area contributed by atoms with E-state index in [-0.39, 0.29) is 6.61 Å². The summed E-state index contributed by atoms with van der Waals surface area (Å²) in [7, 11) is 0. The molecule has 0 spiro atoms. The standard InChI is InChI=1S/C8H10ClIN2O/c9-8-4-7(6(10)5-12-8)11-2-1-3-13/h4-5,13H,1-3H2,(H,11,12). The number of pyridine rings is 1. The minimum absolute atomic E-state index is 0.197. The molecule has 1 aromatic heterocycles. The zero-order valence-corrected chi connectivity index (χ0v) is 9.84. The predicted octanol–water partition coefficient (Wildman–Crippen LogP) is 2.13. The number of nitrogens with zero attached hydrogens (tertiary/aromatic N) is 1. The van der Waals surface area contributed by atoms with Crippen molar-refractivity contribution in [3.8, 4) is 0 Å². The Kier molecular flexibility index (Phi) is 4.76. The van der Waals surface area contributed by atoms with E-state index in [1.807, 2.05) is 0 Å². The van der Waals surface area contributed by atoms with Crippen LogP contribution in [0.15, 0.2) is 12.3 Å². The van der Waals surface area contributed by atoms with Gasteiger partial charge in [0.05, 0.1) is 9.26 Å². The Balaban J connectivity index is 2.59. The second-order valence-corrected chi connectivity index (χ2v) is 4.04. The van der Waals surface area contributed by atoms with Gasteiger partial charge in [-0.3, -0.25) is 0 Å². The summed E-state index contributed by atoms with van der Waals surface area (Å²) >= 11 is 7.91. The molecule has 0 aliphatic carbocycles. The van der Waals surface area contributed by atoms with Crippen molar-refractivity contribution >= 4 is 39.9 Å². The fourth-order valence-corrected chi connectivity index (χ4v) is 1.49. The highest BCUT2D eigenvalue weighted by Gasteiger charge is 1.99. The predicted molar refractivity (Wildman–Crippen MR) is 62.2 cm³/mol. The van der Waals surface area contributed by atoms with Crippen LogP contribution < -0.4 is 5.32 Å². The van der Waals surface area contributed by atoms with Crippen LogP contribution in [0.25, 0.3) is 0 Å². The Morgan fingerprint density at radius 1 is 1.62 bits per heavy atom. The topological polar surface area (TPSA) is 45.1 Å². The van der Waals surface area contributed by atoms with E-state index < -0.39 is 0 Å². The summed E-state index contributed by atoms with van der Waals surface area (Å²) < 4.78 is 1.03. The number of nitrogens with one attached hydrogen (secondary N) is 1. The quantitative estimate of drug-likeness (QED) is 0.509. The Morgan fingerprint density at radius 2 is 2.38 bits per heavy atom. The molecule has 0 unspecified atom stereocenters. The van der Waals surface area contributed by atoms with E-state index in [0.717, 1.165) is 22.2 Å². The lowest BCUT2D eigenvalue weighted by atomic mass is 10.4. The molecule has 0 saturated carbocycles. The van der Waals surface area contributed by atoms with Crippen LogP contribution in [0.3, 0.4) is 0 Å². The Morgan fingerprint density at radius 3 is 3.08 bits per heavy atom. The van der Waals surface area contributed by atoms with Crippen LogP contribution in [0.4, 0.5) is 5.69 Å². The van der Waals surface area contributed by atoms with Crippen molar-refractivity contribution in [2.24, 2.45) is 0 Å². The van der Waals surface area contributed by atoms with E-state index >= 15 is 0 Å². The monoisotopic (exact) mass is 312 g/mol. The lowest BCUT2D eigenvalue weighted by Crippen LogP contribution is -2.04. The Bertz CT molecular complexity index is 283. The average Bonchev–Trinajstić information content (AvgIpc) is 2.11. The molecule has 72 valence electrons. The Hall–Kier alpha value is -0.0700. The van der Waals surface area contributed by atoms with E-state index in [0.29, 0.717) is 5.15 Å². The van der Waals surface area contributed by atoms with Gasteiger partial charge in [-0.2, -0.15) is 0 Å². The first-order valence-electron chi connectivity index (χ1n) is 3.90. The van der Waals surface area contributed by atoms with Gasteiger partial charge in [-0.1, -0.05) is 11.6 Å². The molecule has 3 nitrogen and oxygen atoms in total. The maximum absolute atomic E-state index is 8.59. The fourth-order valence-electron chi connectivity index (χ4n) is 0.851. The van der Waals surface area contributed by atoms with E-state index in [1.165, 1.54) is 0 Å². The van der Waals surface area contributed by atoms with Crippen molar-refractivity contribution in [2.45, 2.75) is 6.42 Å². The molecule has 1 heterocycles. The van der Waals surface area contributed by atoms with Crippen LogP contribution in [-0.4, -0.2) is 23.2 Å². The summed E-state index contributed by atoms with van der Waals surface area (Å²) in [6.45, 7) is 0.940. The van der Waals surface area contributed by atoms with Crippen LogP contribution in [0.2, 0.25) is 5.15 Å². The van der Waals surface area contributed by atoms with Crippen LogP contribution in [0, 0.1) is 3.57 Å². The summed E-state index contributed by atoms with van der Waals surface area (Å²) in [6, 6.07) is 1.78. The van der Waals surface area contributed by atoms with Gasteiger partial charge < -0.3 is 10.4 Å². The van der Waals surface area contributed by atoms with Gasteiger partial charge in [0.25, 0.3) is 0 Å². The van der Waals surface area contributed by atoms with Gasteiger partial charge in [0, 0.05) is 19.3 Å². The lowest BCUT2D eigenvalue weighted by molar-refractivity contribution is 0.292. The third kappa shape index (κ3) is 3.66. The van der Waals surface area contributed by atoms with Gasteiger partial charge in [-0.15, -0.1) is 0 Å². The summed E-state index contributed by atoms with van der Waals surface area (Å²) in [4.78, 5) is 3.94. The average molecular weight is 313 g/mol. The number of hydrogen-bond donors (Lipinski definition) is 2. The number of halogens is 2. The van der Waals surface area contributed by atoms with Crippen molar-refractivity contribution in [2.75, 3.05) is 18.5 Å². The smallest absolute Gasteiger partial charge is 0.131 e. The second kappa shape index (κ2) is 5.62. The lowest BCUT2D eigenvalue weighted by Gasteiger charge is -2.07. The molecule has 0 aromatic carbocycles. The van der Waals surface area contributed by atoms with Crippen molar-refractivity contribution in [3.05, 3.63) is 21.0 Å². The highest BCUT2D eigenvalue weighted by atomic mass is 127. The molecule has 2 N–H and O–H groups in total.